The standard InChI is InChI=1S/C9H17NO2/c1-4-6-9(5-2)7(10-9)8(11)12-3/h7,10H,4-6H2,1-3H3/t7-,9-/m1/s1. The van der Waals surface area contributed by atoms with Crippen molar-refractivity contribution in [2.24, 2.45) is 0 Å². The molecule has 70 valence electrons. The van der Waals surface area contributed by atoms with Crippen LogP contribution in [0.25, 0.3) is 0 Å². The Kier molecular flexibility index (Phi) is 2.73. The zero-order chi connectivity index (χ0) is 9.19. The van der Waals surface area contributed by atoms with Crippen molar-refractivity contribution in [2.75, 3.05) is 7.11 Å². The molecule has 0 aromatic rings. The van der Waals surface area contributed by atoms with E-state index in [0.29, 0.717) is 0 Å². The number of methoxy groups -OCH3 is 1. The van der Waals surface area contributed by atoms with Gasteiger partial charge in [0.25, 0.3) is 0 Å². The van der Waals surface area contributed by atoms with Gasteiger partial charge in [0, 0.05) is 5.54 Å². The second-order valence-electron chi connectivity index (χ2n) is 3.36. The molecular weight excluding hydrogens is 154 g/mol. The highest BCUT2D eigenvalue weighted by molar-refractivity contribution is 5.81. The van der Waals surface area contributed by atoms with Crippen LogP contribution >= 0.6 is 0 Å². The van der Waals surface area contributed by atoms with Crippen molar-refractivity contribution < 1.29 is 9.53 Å². The Balaban J connectivity index is 2.48. The summed E-state index contributed by atoms with van der Waals surface area (Å²) in [7, 11) is 1.44. The zero-order valence-electron chi connectivity index (χ0n) is 8.02. The van der Waals surface area contributed by atoms with Crippen molar-refractivity contribution in [3.05, 3.63) is 0 Å². The molecular formula is C9H17NO2. The molecule has 0 spiro atoms. The van der Waals surface area contributed by atoms with Crippen LogP contribution in [0.5, 0.6) is 0 Å². The van der Waals surface area contributed by atoms with E-state index in [1.54, 1.807) is 0 Å². The first-order valence-electron chi connectivity index (χ1n) is 4.55. The Morgan fingerprint density at radius 1 is 1.58 bits per heavy atom. The third kappa shape index (κ3) is 1.46. The maximum absolute atomic E-state index is 11.1. The fraction of sp³-hybridized carbons (Fsp3) is 0.889. The molecule has 1 aliphatic rings. The Morgan fingerprint density at radius 2 is 2.25 bits per heavy atom. The van der Waals surface area contributed by atoms with Gasteiger partial charge in [0.2, 0.25) is 0 Å². The Hall–Kier alpha value is -0.570. The SMILES string of the molecule is CCC[C@@]1(CC)N[C@@H]1C(=O)OC. The van der Waals surface area contributed by atoms with E-state index in [1.807, 2.05) is 0 Å². The smallest absolute Gasteiger partial charge is 0.324 e. The quantitative estimate of drug-likeness (QED) is 0.508. The molecule has 0 radical (unpaired) electrons. The van der Waals surface area contributed by atoms with Crippen LogP contribution in [0.15, 0.2) is 0 Å². The summed E-state index contributed by atoms with van der Waals surface area (Å²) in [6, 6.07) is -0.0487. The Labute approximate surface area is 73.5 Å². The van der Waals surface area contributed by atoms with Gasteiger partial charge in [-0.25, -0.2) is 0 Å². The van der Waals surface area contributed by atoms with Crippen LogP contribution in [0.1, 0.15) is 33.1 Å². The van der Waals surface area contributed by atoms with Gasteiger partial charge in [-0.3, -0.25) is 10.1 Å². The highest BCUT2D eigenvalue weighted by Gasteiger charge is 2.56. The molecule has 0 saturated carbocycles. The third-order valence-corrected chi connectivity index (χ3v) is 2.66. The average Bonchev–Trinajstić information content (AvgIpc) is 2.80. The number of rotatable bonds is 4. The summed E-state index contributed by atoms with van der Waals surface area (Å²) in [5, 5.41) is 3.21. The summed E-state index contributed by atoms with van der Waals surface area (Å²) in [5.41, 5.74) is 0.0574. The molecule has 0 unspecified atom stereocenters. The van der Waals surface area contributed by atoms with Gasteiger partial charge in [-0.2, -0.15) is 0 Å². The van der Waals surface area contributed by atoms with Gasteiger partial charge < -0.3 is 4.74 Å². The summed E-state index contributed by atoms with van der Waals surface area (Å²) in [5.74, 6) is -0.120. The summed E-state index contributed by atoms with van der Waals surface area (Å²) in [6.45, 7) is 4.23. The predicted octanol–water partition coefficient (Wildman–Crippen LogP) is 1.08. The van der Waals surface area contributed by atoms with Crippen molar-refractivity contribution in [3.8, 4) is 0 Å². The van der Waals surface area contributed by atoms with Crippen molar-refractivity contribution in [2.45, 2.75) is 44.7 Å². The highest BCUT2D eigenvalue weighted by Crippen LogP contribution is 2.35. The lowest BCUT2D eigenvalue weighted by molar-refractivity contribution is -0.140. The molecule has 1 fully saturated rings. The van der Waals surface area contributed by atoms with Crippen LogP contribution in [-0.4, -0.2) is 24.7 Å². The van der Waals surface area contributed by atoms with E-state index in [0.717, 1.165) is 19.3 Å². The number of carbonyl (C=O) groups excluding carboxylic acids is 1. The summed E-state index contributed by atoms with van der Waals surface area (Å²) in [4.78, 5) is 11.1. The number of esters is 1. The van der Waals surface area contributed by atoms with E-state index < -0.39 is 0 Å². The minimum Gasteiger partial charge on any atom is -0.468 e. The molecule has 1 N–H and O–H groups in total. The summed E-state index contributed by atoms with van der Waals surface area (Å²) >= 11 is 0. The average molecular weight is 171 g/mol. The minimum atomic E-state index is -0.120. The molecule has 0 aromatic heterocycles. The van der Waals surface area contributed by atoms with Crippen LogP contribution < -0.4 is 5.32 Å². The van der Waals surface area contributed by atoms with E-state index >= 15 is 0 Å². The summed E-state index contributed by atoms with van der Waals surface area (Å²) in [6.07, 6.45) is 3.16. The lowest BCUT2D eigenvalue weighted by Crippen LogP contribution is -2.21. The monoisotopic (exact) mass is 171 g/mol. The highest BCUT2D eigenvalue weighted by atomic mass is 16.5. The van der Waals surface area contributed by atoms with E-state index in [2.05, 4.69) is 23.9 Å². The van der Waals surface area contributed by atoms with Gasteiger partial charge in [-0.1, -0.05) is 20.3 Å². The number of carbonyl (C=O) groups is 1. The molecule has 3 heteroatoms. The first-order chi connectivity index (χ1) is 5.70. The molecule has 1 aliphatic heterocycles. The molecule has 12 heavy (non-hydrogen) atoms. The van der Waals surface area contributed by atoms with Gasteiger partial charge in [0.05, 0.1) is 7.11 Å². The fourth-order valence-corrected chi connectivity index (χ4v) is 1.79. The van der Waals surface area contributed by atoms with E-state index in [1.165, 1.54) is 7.11 Å². The number of ether oxygens (including phenoxy) is 1. The molecule has 0 amide bonds. The lowest BCUT2D eigenvalue weighted by atomic mass is 9.96. The van der Waals surface area contributed by atoms with Gasteiger partial charge in [0.1, 0.15) is 6.04 Å². The van der Waals surface area contributed by atoms with Crippen molar-refractivity contribution in [1.29, 1.82) is 0 Å². The first-order valence-corrected chi connectivity index (χ1v) is 4.55. The second-order valence-corrected chi connectivity index (χ2v) is 3.36. The topological polar surface area (TPSA) is 48.2 Å². The third-order valence-electron chi connectivity index (χ3n) is 2.66. The van der Waals surface area contributed by atoms with Crippen LogP contribution in [-0.2, 0) is 9.53 Å². The van der Waals surface area contributed by atoms with Gasteiger partial charge >= 0.3 is 5.97 Å². The van der Waals surface area contributed by atoms with Crippen molar-refractivity contribution in [1.82, 2.24) is 5.32 Å². The van der Waals surface area contributed by atoms with Gasteiger partial charge in [-0.05, 0) is 12.8 Å². The molecule has 1 rings (SSSR count). The largest absolute Gasteiger partial charge is 0.468 e. The number of nitrogens with one attached hydrogen (secondary N) is 1. The molecule has 2 atom stereocenters. The Morgan fingerprint density at radius 3 is 2.67 bits per heavy atom. The molecule has 1 heterocycles. The maximum Gasteiger partial charge on any atom is 0.324 e. The molecule has 0 bridgehead atoms. The zero-order valence-corrected chi connectivity index (χ0v) is 8.02. The minimum absolute atomic E-state index is 0.0487. The van der Waals surface area contributed by atoms with Crippen molar-refractivity contribution in [3.63, 3.8) is 0 Å². The molecule has 0 aliphatic carbocycles. The maximum atomic E-state index is 11.1. The Bertz CT molecular complexity index is 181. The number of hydrogen-bond donors (Lipinski definition) is 1. The van der Waals surface area contributed by atoms with Gasteiger partial charge in [0.15, 0.2) is 0 Å². The molecule has 3 nitrogen and oxygen atoms in total. The van der Waals surface area contributed by atoms with Crippen LogP contribution in [0.4, 0.5) is 0 Å². The number of hydrogen-bond acceptors (Lipinski definition) is 3. The van der Waals surface area contributed by atoms with Crippen LogP contribution in [0.2, 0.25) is 0 Å². The van der Waals surface area contributed by atoms with Crippen LogP contribution in [0, 0.1) is 0 Å². The second kappa shape index (κ2) is 3.44. The summed E-state index contributed by atoms with van der Waals surface area (Å²) < 4.78 is 4.68. The molecule has 0 aromatic carbocycles. The van der Waals surface area contributed by atoms with E-state index in [9.17, 15) is 4.79 Å². The van der Waals surface area contributed by atoms with E-state index in [4.69, 9.17) is 0 Å². The first kappa shape index (κ1) is 9.52. The molecule has 1 saturated heterocycles. The predicted molar refractivity (Wildman–Crippen MR) is 46.9 cm³/mol. The normalized spacial score (nSPS) is 33.1. The van der Waals surface area contributed by atoms with Crippen molar-refractivity contribution >= 4 is 5.97 Å². The lowest BCUT2D eigenvalue weighted by Gasteiger charge is -2.09. The van der Waals surface area contributed by atoms with Gasteiger partial charge in [-0.15, -0.1) is 0 Å². The van der Waals surface area contributed by atoms with Crippen LogP contribution in [0.3, 0.4) is 0 Å². The fourth-order valence-electron chi connectivity index (χ4n) is 1.79. The van der Waals surface area contributed by atoms with E-state index in [-0.39, 0.29) is 17.6 Å².